The van der Waals surface area contributed by atoms with Crippen molar-refractivity contribution in [2.45, 2.75) is 13.0 Å². The van der Waals surface area contributed by atoms with E-state index in [9.17, 15) is 9.90 Å². The Morgan fingerprint density at radius 1 is 1.53 bits per heavy atom. The molecule has 6 heteroatoms. The summed E-state index contributed by atoms with van der Waals surface area (Å²) < 4.78 is 0. The Hall–Kier alpha value is -2.05. The highest BCUT2D eigenvalue weighted by Crippen LogP contribution is 2.17. The summed E-state index contributed by atoms with van der Waals surface area (Å²) >= 11 is 0. The Bertz CT molecular complexity index is 474. The average molecular weight is 265 g/mol. The Labute approximate surface area is 111 Å². The Morgan fingerprint density at radius 3 is 2.79 bits per heavy atom. The van der Waals surface area contributed by atoms with Crippen LogP contribution in [0.25, 0.3) is 0 Å². The SMILES string of the molecule is C=C(NCC(O)CN)Nc1cc(C(=O)O)ccc1C. The monoisotopic (exact) mass is 265 g/mol. The van der Waals surface area contributed by atoms with E-state index in [1.54, 1.807) is 6.07 Å². The molecule has 0 amide bonds. The molecule has 0 aliphatic rings. The normalized spacial score (nSPS) is 11.7. The van der Waals surface area contributed by atoms with E-state index in [0.29, 0.717) is 11.5 Å². The first-order chi connectivity index (χ1) is 8.93. The lowest BCUT2D eigenvalue weighted by Crippen LogP contribution is -2.33. The summed E-state index contributed by atoms with van der Waals surface area (Å²) in [4.78, 5) is 10.9. The Kier molecular flexibility index (Phi) is 5.35. The van der Waals surface area contributed by atoms with Crippen molar-refractivity contribution in [1.82, 2.24) is 5.32 Å². The van der Waals surface area contributed by atoms with Gasteiger partial charge in [0.2, 0.25) is 0 Å². The molecule has 0 radical (unpaired) electrons. The fourth-order valence-corrected chi connectivity index (χ4v) is 1.42. The molecule has 6 N–H and O–H groups in total. The molecule has 0 heterocycles. The summed E-state index contributed by atoms with van der Waals surface area (Å²) in [6.07, 6.45) is -0.648. The fraction of sp³-hybridized carbons (Fsp3) is 0.308. The zero-order chi connectivity index (χ0) is 14.4. The smallest absolute Gasteiger partial charge is 0.335 e. The van der Waals surface area contributed by atoms with Gasteiger partial charge in [0.1, 0.15) is 0 Å². The maximum atomic E-state index is 10.9. The first kappa shape index (κ1) is 15.0. The van der Waals surface area contributed by atoms with E-state index in [1.165, 1.54) is 12.1 Å². The molecule has 6 nitrogen and oxygen atoms in total. The number of aliphatic hydroxyl groups excluding tert-OH is 1. The first-order valence-electron chi connectivity index (χ1n) is 5.86. The number of hydrogen-bond acceptors (Lipinski definition) is 5. The number of aromatic carboxylic acids is 1. The van der Waals surface area contributed by atoms with Crippen molar-refractivity contribution in [3.63, 3.8) is 0 Å². The number of rotatable bonds is 7. The molecule has 0 spiro atoms. The van der Waals surface area contributed by atoms with Gasteiger partial charge in [-0.15, -0.1) is 0 Å². The summed E-state index contributed by atoms with van der Waals surface area (Å²) in [5.74, 6) is -0.515. The lowest BCUT2D eigenvalue weighted by atomic mass is 10.1. The van der Waals surface area contributed by atoms with E-state index >= 15 is 0 Å². The molecule has 1 aromatic rings. The molecule has 0 saturated heterocycles. The molecule has 0 aromatic heterocycles. The van der Waals surface area contributed by atoms with Crippen LogP contribution < -0.4 is 16.4 Å². The van der Waals surface area contributed by atoms with Gasteiger partial charge in [-0.3, -0.25) is 0 Å². The van der Waals surface area contributed by atoms with E-state index in [-0.39, 0.29) is 18.7 Å². The third-order valence-corrected chi connectivity index (χ3v) is 2.59. The van der Waals surface area contributed by atoms with Crippen LogP contribution in [0.2, 0.25) is 0 Å². The van der Waals surface area contributed by atoms with Gasteiger partial charge in [0, 0.05) is 18.8 Å². The molecule has 104 valence electrons. The third-order valence-electron chi connectivity index (χ3n) is 2.59. The predicted molar refractivity (Wildman–Crippen MR) is 74.0 cm³/mol. The van der Waals surface area contributed by atoms with E-state index in [2.05, 4.69) is 17.2 Å². The van der Waals surface area contributed by atoms with Crippen molar-refractivity contribution in [2.24, 2.45) is 5.73 Å². The van der Waals surface area contributed by atoms with Crippen molar-refractivity contribution in [1.29, 1.82) is 0 Å². The standard InChI is InChI=1S/C13H19N3O3/c1-8-3-4-10(13(18)19)5-12(8)16-9(2)15-7-11(17)6-14/h3-5,11,15-17H,2,6-7,14H2,1H3,(H,18,19). The van der Waals surface area contributed by atoms with E-state index in [0.717, 1.165) is 5.56 Å². The van der Waals surface area contributed by atoms with E-state index in [1.807, 2.05) is 6.92 Å². The summed E-state index contributed by atoms with van der Waals surface area (Å²) in [7, 11) is 0. The summed E-state index contributed by atoms with van der Waals surface area (Å²) in [6, 6.07) is 4.79. The van der Waals surface area contributed by atoms with Gasteiger partial charge >= 0.3 is 5.97 Å². The van der Waals surface area contributed by atoms with Crippen molar-refractivity contribution >= 4 is 11.7 Å². The second-order valence-corrected chi connectivity index (χ2v) is 4.21. The van der Waals surface area contributed by atoms with Crippen LogP contribution in [-0.4, -0.2) is 35.4 Å². The van der Waals surface area contributed by atoms with Crippen molar-refractivity contribution < 1.29 is 15.0 Å². The largest absolute Gasteiger partial charge is 0.478 e. The van der Waals surface area contributed by atoms with Gasteiger partial charge in [-0.05, 0) is 24.6 Å². The number of carboxylic acid groups (broad SMARTS) is 1. The highest BCUT2D eigenvalue weighted by Gasteiger charge is 2.07. The van der Waals surface area contributed by atoms with Crippen LogP contribution in [0.1, 0.15) is 15.9 Å². The molecule has 1 rings (SSSR count). The Balaban J connectivity index is 2.68. The number of anilines is 1. The maximum absolute atomic E-state index is 10.9. The van der Waals surface area contributed by atoms with Crippen LogP contribution >= 0.6 is 0 Å². The van der Waals surface area contributed by atoms with Gasteiger partial charge in [0.15, 0.2) is 0 Å². The number of carbonyl (C=O) groups is 1. The Morgan fingerprint density at radius 2 is 2.21 bits per heavy atom. The van der Waals surface area contributed by atoms with Gasteiger partial charge in [-0.1, -0.05) is 12.6 Å². The van der Waals surface area contributed by atoms with Crippen molar-refractivity contribution in [3.8, 4) is 0 Å². The van der Waals surface area contributed by atoms with Crippen LogP contribution in [0.3, 0.4) is 0 Å². The zero-order valence-electron chi connectivity index (χ0n) is 10.8. The van der Waals surface area contributed by atoms with E-state index < -0.39 is 12.1 Å². The minimum absolute atomic E-state index is 0.161. The zero-order valence-corrected chi connectivity index (χ0v) is 10.8. The van der Waals surface area contributed by atoms with Crippen LogP contribution in [0.5, 0.6) is 0 Å². The molecule has 19 heavy (non-hydrogen) atoms. The minimum atomic E-state index is -0.986. The number of nitrogens with one attached hydrogen (secondary N) is 2. The lowest BCUT2D eigenvalue weighted by Gasteiger charge is -2.16. The van der Waals surface area contributed by atoms with Gasteiger partial charge < -0.3 is 26.6 Å². The highest BCUT2D eigenvalue weighted by molar-refractivity contribution is 5.89. The topological polar surface area (TPSA) is 108 Å². The minimum Gasteiger partial charge on any atom is -0.478 e. The number of benzene rings is 1. The average Bonchev–Trinajstić information content (AvgIpc) is 2.38. The summed E-state index contributed by atoms with van der Waals surface area (Å²) in [5, 5.41) is 24.1. The molecule has 1 aromatic carbocycles. The number of aliphatic hydroxyl groups is 1. The van der Waals surface area contributed by atoms with Gasteiger partial charge in [0.05, 0.1) is 17.5 Å². The molecule has 0 saturated carbocycles. The third kappa shape index (κ3) is 4.61. The number of carboxylic acids is 1. The van der Waals surface area contributed by atoms with Gasteiger partial charge in [0.25, 0.3) is 0 Å². The lowest BCUT2D eigenvalue weighted by molar-refractivity contribution is 0.0697. The van der Waals surface area contributed by atoms with Crippen LogP contribution in [0.15, 0.2) is 30.6 Å². The molecule has 0 aliphatic carbocycles. The number of aryl methyl sites for hydroxylation is 1. The molecular weight excluding hydrogens is 246 g/mol. The molecular formula is C13H19N3O3. The van der Waals surface area contributed by atoms with E-state index in [4.69, 9.17) is 10.8 Å². The summed E-state index contributed by atoms with van der Waals surface area (Å²) in [5.41, 5.74) is 7.03. The van der Waals surface area contributed by atoms with Crippen LogP contribution in [-0.2, 0) is 0 Å². The summed E-state index contributed by atoms with van der Waals surface area (Å²) in [6.45, 7) is 6.05. The van der Waals surface area contributed by atoms with Crippen LogP contribution in [0, 0.1) is 6.92 Å². The molecule has 1 atom stereocenters. The van der Waals surface area contributed by atoms with Crippen LogP contribution in [0.4, 0.5) is 5.69 Å². The quantitative estimate of drug-likeness (QED) is 0.491. The second kappa shape index (κ2) is 6.77. The van der Waals surface area contributed by atoms with Gasteiger partial charge in [-0.25, -0.2) is 4.79 Å². The predicted octanol–water partition coefficient (Wildman–Crippen LogP) is 0.486. The maximum Gasteiger partial charge on any atom is 0.335 e. The fourth-order valence-electron chi connectivity index (χ4n) is 1.42. The number of hydrogen-bond donors (Lipinski definition) is 5. The molecule has 0 fully saturated rings. The second-order valence-electron chi connectivity index (χ2n) is 4.21. The van der Waals surface area contributed by atoms with Crippen molar-refractivity contribution in [2.75, 3.05) is 18.4 Å². The highest BCUT2D eigenvalue weighted by atomic mass is 16.4. The number of nitrogens with two attached hydrogens (primary N) is 1. The van der Waals surface area contributed by atoms with Crippen molar-refractivity contribution in [3.05, 3.63) is 41.7 Å². The molecule has 0 aliphatic heterocycles. The first-order valence-corrected chi connectivity index (χ1v) is 5.86. The molecule has 0 bridgehead atoms. The van der Waals surface area contributed by atoms with Gasteiger partial charge in [-0.2, -0.15) is 0 Å². The molecule has 1 unspecified atom stereocenters.